The maximum atomic E-state index is 13.0. The minimum absolute atomic E-state index is 0.0262. The van der Waals surface area contributed by atoms with Crippen LogP contribution in [-0.4, -0.2) is 68.7 Å². The van der Waals surface area contributed by atoms with E-state index in [2.05, 4.69) is 25.9 Å². The molecule has 1 aromatic carbocycles. The van der Waals surface area contributed by atoms with Gasteiger partial charge in [-0.3, -0.25) is 9.59 Å². The number of H-pyrrole nitrogens is 1. The van der Waals surface area contributed by atoms with Gasteiger partial charge in [-0.05, 0) is 42.3 Å². The Morgan fingerprint density at radius 3 is 2.97 bits per heavy atom. The topological polar surface area (TPSA) is 148 Å². The maximum absolute atomic E-state index is 13.0. The van der Waals surface area contributed by atoms with Crippen LogP contribution < -0.4 is 15.8 Å². The van der Waals surface area contributed by atoms with Crippen LogP contribution in [0.4, 0.5) is 5.69 Å². The zero-order valence-electron chi connectivity index (χ0n) is 15.6. The lowest BCUT2D eigenvalue weighted by molar-refractivity contribution is -0.136. The minimum Gasteiger partial charge on any atom is -0.422 e. The Kier molecular flexibility index (Phi) is 4.21. The molecular weight excluding hydrogens is 378 g/mol. The van der Waals surface area contributed by atoms with E-state index in [0.29, 0.717) is 31.1 Å². The van der Waals surface area contributed by atoms with E-state index in [9.17, 15) is 9.59 Å². The first-order chi connectivity index (χ1) is 14.1. The van der Waals surface area contributed by atoms with Gasteiger partial charge in [-0.25, -0.2) is 0 Å². The highest BCUT2D eigenvalue weighted by Gasteiger charge is 2.68. The number of aromatic amines is 1. The van der Waals surface area contributed by atoms with Crippen LogP contribution in [-0.2, 0) is 14.3 Å². The molecule has 3 aliphatic heterocycles. The second kappa shape index (κ2) is 6.78. The Morgan fingerprint density at radius 1 is 1.41 bits per heavy atom. The number of benzene rings is 1. The van der Waals surface area contributed by atoms with Gasteiger partial charge in [0.1, 0.15) is 5.75 Å². The molecule has 11 heteroatoms. The molecule has 1 aromatic heterocycles. The highest BCUT2D eigenvalue weighted by Crippen LogP contribution is 2.55. The number of anilines is 1. The average molecular weight is 399 g/mol. The number of carbonyl (C=O) groups excluding carboxylic acids is 2. The van der Waals surface area contributed by atoms with E-state index in [1.54, 1.807) is 29.2 Å². The van der Waals surface area contributed by atoms with Gasteiger partial charge in [-0.15, -0.1) is 0 Å². The van der Waals surface area contributed by atoms with Crippen molar-refractivity contribution in [2.24, 2.45) is 17.6 Å². The molecule has 3 fully saturated rings. The maximum Gasteiger partial charge on any atom is 0.361 e. The fourth-order valence-electron chi connectivity index (χ4n) is 4.82. The summed E-state index contributed by atoms with van der Waals surface area (Å²) in [4.78, 5) is 27.7. The molecule has 2 aromatic rings. The number of likely N-dealkylation sites (tertiary alicyclic amines) is 1. The number of hydrogen-bond donors (Lipinski definition) is 3. The number of hydrogen-bond acceptors (Lipinski definition) is 8. The smallest absolute Gasteiger partial charge is 0.361 e. The summed E-state index contributed by atoms with van der Waals surface area (Å²) in [7, 11) is 0. The Hall–Kier alpha value is -3.05. The number of amides is 2. The number of rotatable bonds is 6. The van der Waals surface area contributed by atoms with Crippen LogP contribution >= 0.6 is 0 Å². The molecule has 4 N–H and O–H groups in total. The quantitative estimate of drug-likeness (QED) is 0.609. The molecule has 0 unspecified atom stereocenters. The summed E-state index contributed by atoms with van der Waals surface area (Å²) in [5.74, 6) is -0.643. The van der Waals surface area contributed by atoms with Crippen LogP contribution in [0.15, 0.2) is 24.3 Å². The van der Waals surface area contributed by atoms with E-state index < -0.39 is 17.4 Å². The van der Waals surface area contributed by atoms with Crippen LogP contribution in [0.25, 0.3) is 0 Å². The third kappa shape index (κ3) is 2.93. The Balaban J connectivity index is 1.29. The first-order valence-electron chi connectivity index (χ1n) is 9.58. The third-order valence-corrected chi connectivity index (χ3v) is 5.96. The van der Waals surface area contributed by atoms with E-state index in [0.717, 1.165) is 12.8 Å². The van der Waals surface area contributed by atoms with Gasteiger partial charge in [-0.2, -0.15) is 5.21 Å². The fraction of sp³-hybridized carbons (Fsp3) is 0.500. The fourth-order valence-corrected chi connectivity index (χ4v) is 4.82. The highest BCUT2D eigenvalue weighted by atomic mass is 16.5. The van der Waals surface area contributed by atoms with E-state index in [1.807, 2.05) is 0 Å². The van der Waals surface area contributed by atoms with Gasteiger partial charge in [0, 0.05) is 18.8 Å². The molecule has 4 atom stereocenters. The first-order valence-corrected chi connectivity index (χ1v) is 9.58. The summed E-state index contributed by atoms with van der Waals surface area (Å²) in [6.45, 7) is 1.41. The Morgan fingerprint density at radius 2 is 2.24 bits per heavy atom. The van der Waals surface area contributed by atoms with E-state index >= 15 is 0 Å². The Labute approximate surface area is 165 Å². The molecule has 152 valence electrons. The van der Waals surface area contributed by atoms with E-state index in [4.69, 9.17) is 15.2 Å². The molecular formula is C18H21N7O4. The second-order valence-corrected chi connectivity index (χ2v) is 7.62. The first kappa shape index (κ1) is 18.0. The molecule has 5 rings (SSSR count). The molecule has 3 aliphatic rings. The molecule has 0 aliphatic carbocycles. The van der Waals surface area contributed by atoms with Crippen LogP contribution in [0, 0.1) is 11.8 Å². The summed E-state index contributed by atoms with van der Waals surface area (Å²) < 4.78 is 11.6. The van der Waals surface area contributed by atoms with E-state index in [-0.39, 0.29) is 23.9 Å². The lowest BCUT2D eigenvalue weighted by Gasteiger charge is -2.27. The van der Waals surface area contributed by atoms with Gasteiger partial charge >= 0.3 is 6.01 Å². The zero-order chi connectivity index (χ0) is 20.0. The zero-order valence-corrected chi connectivity index (χ0v) is 15.6. The normalized spacial score (nSPS) is 29.9. The summed E-state index contributed by atoms with van der Waals surface area (Å²) in [6, 6.07) is 6.92. The monoisotopic (exact) mass is 399 g/mol. The summed E-state index contributed by atoms with van der Waals surface area (Å²) in [6.07, 6.45) is 1.38. The van der Waals surface area contributed by atoms with Crippen LogP contribution in [0.1, 0.15) is 12.8 Å². The van der Waals surface area contributed by atoms with Gasteiger partial charge in [0.05, 0.1) is 30.1 Å². The van der Waals surface area contributed by atoms with Crippen molar-refractivity contribution in [3.05, 3.63) is 24.3 Å². The molecule has 11 nitrogen and oxygen atoms in total. The SMILES string of the molecule is NCCN1C[C@]23CC[C@H](O2)[C@H](C(=O)Nc2ccc(Oc4nn[nH]n4)cc2)[C@@H]3C1=O. The molecule has 4 heterocycles. The number of nitrogens with two attached hydrogens (primary N) is 1. The molecule has 1 spiro atoms. The van der Waals surface area contributed by atoms with Gasteiger partial charge in [-0.1, -0.05) is 10.2 Å². The summed E-state index contributed by atoms with van der Waals surface area (Å²) in [5, 5.41) is 16.1. The van der Waals surface area contributed by atoms with Crippen LogP contribution in [0.2, 0.25) is 0 Å². The van der Waals surface area contributed by atoms with Gasteiger partial charge < -0.3 is 25.4 Å². The molecule has 2 amide bonds. The van der Waals surface area contributed by atoms with Crippen LogP contribution in [0.3, 0.4) is 0 Å². The van der Waals surface area contributed by atoms with Crippen molar-refractivity contribution in [3.63, 3.8) is 0 Å². The van der Waals surface area contributed by atoms with Crippen molar-refractivity contribution in [1.82, 2.24) is 25.5 Å². The van der Waals surface area contributed by atoms with Gasteiger partial charge in [0.15, 0.2) is 0 Å². The third-order valence-electron chi connectivity index (χ3n) is 5.96. The van der Waals surface area contributed by atoms with Crippen molar-refractivity contribution >= 4 is 17.5 Å². The number of tetrazole rings is 1. The van der Waals surface area contributed by atoms with Crippen molar-refractivity contribution in [1.29, 1.82) is 0 Å². The lowest BCUT2D eigenvalue weighted by Crippen LogP contribution is -2.43. The molecule has 3 saturated heterocycles. The summed E-state index contributed by atoms with van der Waals surface area (Å²) >= 11 is 0. The number of nitrogens with one attached hydrogen (secondary N) is 2. The van der Waals surface area contributed by atoms with Crippen molar-refractivity contribution < 1.29 is 19.1 Å². The largest absolute Gasteiger partial charge is 0.422 e. The van der Waals surface area contributed by atoms with Gasteiger partial charge in [0.2, 0.25) is 11.8 Å². The minimum atomic E-state index is -0.540. The van der Waals surface area contributed by atoms with Crippen molar-refractivity contribution in [3.8, 4) is 11.8 Å². The lowest BCUT2D eigenvalue weighted by atomic mass is 9.73. The standard InChI is InChI=1S/C18H21N7O4/c19-7-8-25-9-18-6-5-12(29-18)13(14(18)16(25)27)15(26)20-10-1-3-11(4-2-10)28-17-21-23-24-22-17/h1-4,12-14H,5-9,19H2,(H,20,26)(H,21,22,23,24)/t12-,13-,14+,18-/m0/s1. The number of nitrogens with zero attached hydrogens (tertiary/aromatic N) is 4. The highest BCUT2D eigenvalue weighted by molar-refractivity contribution is 5.98. The summed E-state index contributed by atoms with van der Waals surface area (Å²) in [5.41, 5.74) is 5.70. The average Bonchev–Trinajstić information content (AvgIpc) is 3.47. The molecule has 0 radical (unpaired) electrons. The number of aromatic nitrogens is 4. The number of fused-ring (bicyclic) bond motifs is 1. The predicted molar refractivity (Wildman–Crippen MR) is 98.8 cm³/mol. The number of carbonyl (C=O) groups is 2. The Bertz CT molecular complexity index is 919. The molecule has 2 bridgehead atoms. The molecule has 29 heavy (non-hydrogen) atoms. The van der Waals surface area contributed by atoms with Crippen molar-refractivity contribution in [2.75, 3.05) is 25.0 Å². The van der Waals surface area contributed by atoms with Gasteiger partial charge in [0.25, 0.3) is 0 Å². The molecule has 0 saturated carbocycles. The van der Waals surface area contributed by atoms with E-state index in [1.165, 1.54) is 0 Å². The van der Waals surface area contributed by atoms with Crippen LogP contribution in [0.5, 0.6) is 11.8 Å². The number of ether oxygens (including phenoxy) is 2. The predicted octanol–water partition coefficient (Wildman–Crippen LogP) is -0.105. The van der Waals surface area contributed by atoms with Crippen molar-refractivity contribution in [2.45, 2.75) is 24.5 Å². The second-order valence-electron chi connectivity index (χ2n) is 7.62.